The standard InChI is InChI=1S/C12H23NO2/c1-10(3-2-4-12(13)9-14)15-8-7-11-5-6-11/h9-12H,2-8,13H2,1H3. The monoisotopic (exact) mass is 213 g/mol. The number of hydrogen-bond acceptors (Lipinski definition) is 3. The zero-order chi connectivity index (χ0) is 11.1. The Labute approximate surface area is 92.4 Å². The van der Waals surface area contributed by atoms with E-state index in [0.29, 0.717) is 6.10 Å². The van der Waals surface area contributed by atoms with Gasteiger partial charge in [0.05, 0.1) is 12.1 Å². The predicted octanol–water partition coefficient (Wildman–Crippen LogP) is 1.89. The van der Waals surface area contributed by atoms with Gasteiger partial charge in [-0.2, -0.15) is 0 Å². The van der Waals surface area contributed by atoms with Gasteiger partial charge in [-0.3, -0.25) is 0 Å². The maximum Gasteiger partial charge on any atom is 0.136 e. The largest absolute Gasteiger partial charge is 0.378 e. The third-order valence-corrected chi connectivity index (χ3v) is 2.95. The van der Waals surface area contributed by atoms with Crippen molar-refractivity contribution in [2.24, 2.45) is 11.7 Å². The van der Waals surface area contributed by atoms with Crippen molar-refractivity contribution in [3.05, 3.63) is 0 Å². The highest BCUT2D eigenvalue weighted by atomic mass is 16.5. The minimum Gasteiger partial charge on any atom is -0.378 e. The van der Waals surface area contributed by atoms with Crippen LogP contribution in [0.5, 0.6) is 0 Å². The van der Waals surface area contributed by atoms with Crippen LogP contribution in [0.1, 0.15) is 45.4 Å². The summed E-state index contributed by atoms with van der Waals surface area (Å²) in [5.41, 5.74) is 5.50. The van der Waals surface area contributed by atoms with Crippen LogP contribution in [-0.2, 0) is 9.53 Å². The molecule has 1 fully saturated rings. The molecule has 0 aromatic rings. The topological polar surface area (TPSA) is 52.3 Å². The van der Waals surface area contributed by atoms with Gasteiger partial charge in [-0.25, -0.2) is 0 Å². The first-order chi connectivity index (χ1) is 7.22. The van der Waals surface area contributed by atoms with Crippen molar-refractivity contribution in [3.63, 3.8) is 0 Å². The molecule has 2 atom stereocenters. The molecule has 1 aliphatic rings. The molecule has 3 heteroatoms. The normalized spacial score (nSPS) is 19.9. The van der Waals surface area contributed by atoms with Gasteiger partial charge in [0, 0.05) is 6.61 Å². The molecule has 0 spiro atoms. The van der Waals surface area contributed by atoms with Crippen molar-refractivity contribution in [1.29, 1.82) is 0 Å². The quantitative estimate of drug-likeness (QED) is 0.595. The Morgan fingerprint density at radius 3 is 2.80 bits per heavy atom. The summed E-state index contributed by atoms with van der Waals surface area (Å²) in [5, 5.41) is 0. The Morgan fingerprint density at radius 2 is 2.20 bits per heavy atom. The molecule has 0 heterocycles. The van der Waals surface area contributed by atoms with Gasteiger partial charge < -0.3 is 15.3 Å². The number of hydrogen-bond donors (Lipinski definition) is 1. The van der Waals surface area contributed by atoms with E-state index in [-0.39, 0.29) is 6.04 Å². The molecular weight excluding hydrogens is 190 g/mol. The van der Waals surface area contributed by atoms with E-state index in [4.69, 9.17) is 10.5 Å². The van der Waals surface area contributed by atoms with E-state index in [2.05, 4.69) is 6.92 Å². The molecule has 0 bridgehead atoms. The first-order valence-electron chi connectivity index (χ1n) is 6.05. The van der Waals surface area contributed by atoms with E-state index in [9.17, 15) is 4.79 Å². The molecule has 0 aromatic carbocycles. The van der Waals surface area contributed by atoms with Crippen LogP contribution >= 0.6 is 0 Å². The van der Waals surface area contributed by atoms with Crippen LogP contribution in [0.2, 0.25) is 0 Å². The molecule has 0 saturated heterocycles. The van der Waals surface area contributed by atoms with Crippen LogP contribution < -0.4 is 5.73 Å². The van der Waals surface area contributed by atoms with Crippen molar-refractivity contribution in [2.45, 2.75) is 57.6 Å². The molecule has 0 radical (unpaired) electrons. The van der Waals surface area contributed by atoms with Crippen molar-refractivity contribution in [3.8, 4) is 0 Å². The molecule has 0 amide bonds. The van der Waals surface area contributed by atoms with Crippen molar-refractivity contribution in [1.82, 2.24) is 0 Å². The molecular formula is C12H23NO2. The molecule has 2 unspecified atom stereocenters. The van der Waals surface area contributed by atoms with Gasteiger partial charge in [-0.1, -0.05) is 12.8 Å². The summed E-state index contributed by atoms with van der Waals surface area (Å²) in [7, 11) is 0. The number of ether oxygens (including phenoxy) is 1. The predicted molar refractivity (Wildman–Crippen MR) is 60.6 cm³/mol. The lowest BCUT2D eigenvalue weighted by Crippen LogP contribution is -2.21. The molecule has 1 aliphatic carbocycles. The Balaban J connectivity index is 1.87. The van der Waals surface area contributed by atoms with E-state index in [1.165, 1.54) is 19.3 Å². The third-order valence-electron chi connectivity index (χ3n) is 2.95. The second-order valence-electron chi connectivity index (χ2n) is 4.64. The van der Waals surface area contributed by atoms with Crippen molar-refractivity contribution in [2.75, 3.05) is 6.61 Å². The number of carbonyl (C=O) groups excluding carboxylic acids is 1. The highest BCUT2D eigenvalue weighted by Gasteiger charge is 2.20. The fourth-order valence-electron chi connectivity index (χ4n) is 1.63. The first kappa shape index (κ1) is 12.7. The lowest BCUT2D eigenvalue weighted by atomic mass is 10.1. The minimum absolute atomic E-state index is 0.288. The second-order valence-corrected chi connectivity index (χ2v) is 4.64. The van der Waals surface area contributed by atoms with Gasteiger partial charge in [0.1, 0.15) is 6.29 Å². The van der Waals surface area contributed by atoms with Crippen LogP contribution in [0, 0.1) is 5.92 Å². The number of nitrogens with two attached hydrogens (primary N) is 1. The number of aldehydes is 1. The molecule has 1 saturated carbocycles. The molecule has 0 aliphatic heterocycles. The molecule has 0 aromatic heterocycles. The summed E-state index contributed by atoms with van der Waals surface area (Å²) in [6.07, 6.45) is 7.90. The third kappa shape index (κ3) is 6.63. The fraction of sp³-hybridized carbons (Fsp3) is 0.917. The van der Waals surface area contributed by atoms with E-state index in [0.717, 1.165) is 38.1 Å². The molecule has 88 valence electrons. The zero-order valence-electron chi connectivity index (χ0n) is 9.65. The minimum atomic E-state index is -0.288. The maximum absolute atomic E-state index is 10.3. The smallest absolute Gasteiger partial charge is 0.136 e. The summed E-state index contributed by atoms with van der Waals surface area (Å²) >= 11 is 0. The highest BCUT2D eigenvalue weighted by molar-refractivity contribution is 5.56. The van der Waals surface area contributed by atoms with Gasteiger partial charge in [0.25, 0.3) is 0 Å². The number of rotatable bonds is 9. The van der Waals surface area contributed by atoms with Crippen LogP contribution in [-0.4, -0.2) is 25.0 Å². The van der Waals surface area contributed by atoms with Gasteiger partial charge in [-0.15, -0.1) is 0 Å². The molecule has 3 nitrogen and oxygen atoms in total. The van der Waals surface area contributed by atoms with Gasteiger partial charge in [-0.05, 0) is 38.5 Å². The average Bonchev–Trinajstić information content (AvgIpc) is 3.01. The van der Waals surface area contributed by atoms with E-state index in [1.807, 2.05) is 0 Å². The maximum atomic E-state index is 10.3. The summed E-state index contributed by atoms with van der Waals surface area (Å²) < 4.78 is 5.68. The Kier molecular flexibility index (Phi) is 5.88. The molecule has 15 heavy (non-hydrogen) atoms. The Hall–Kier alpha value is -0.410. The average molecular weight is 213 g/mol. The number of carbonyl (C=O) groups is 1. The first-order valence-corrected chi connectivity index (χ1v) is 6.05. The summed E-state index contributed by atoms with van der Waals surface area (Å²) in [4.78, 5) is 10.3. The van der Waals surface area contributed by atoms with Crippen molar-refractivity contribution < 1.29 is 9.53 Å². The zero-order valence-corrected chi connectivity index (χ0v) is 9.65. The van der Waals surface area contributed by atoms with E-state index in [1.54, 1.807) is 0 Å². The van der Waals surface area contributed by atoms with Gasteiger partial charge in [0.15, 0.2) is 0 Å². The van der Waals surface area contributed by atoms with Gasteiger partial charge >= 0.3 is 0 Å². The molecule has 1 rings (SSSR count). The SMILES string of the molecule is CC(CCCC(N)C=O)OCCC1CC1. The Morgan fingerprint density at radius 1 is 1.47 bits per heavy atom. The van der Waals surface area contributed by atoms with Crippen molar-refractivity contribution >= 4 is 6.29 Å². The Bertz CT molecular complexity index is 180. The second kappa shape index (κ2) is 6.96. The molecule has 2 N–H and O–H groups in total. The van der Waals surface area contributed by atoms with E-state index < -0.39 is 0 Å². The summed E-state index contributed by atoms with van der Waals surface area (Å²) in [6.45, 7) is 2.99. The lowest BCUT2D eigenvalue weighted by molar-refractivity contribution is -0.109. The lowest BCUT2D eigenvalue weighted by Gasteiger charge is -2.13. The fourth-order valence-corrected chi connectivity index (χ4v) is 1.63. The van der Waals surface area contributed by atoms with Gasteiger partial charge in [0.2, 0.25) is 0 Å². The summed E-state index contributed by atoms with van der Waals surface area (Å²) in [5.74, 6) is 0.945. The van der Waals surface area contributed by atoms with Crippen LogP contribution in [0.3, 0.4) is 0 Å². The van der Waals surface area contributed by atoms with Crippen LogP contribution in [0.15, 0.2) is 0 Å². The van der Waals surface area contributed by atoms with Crippen LogP contribution in [0.4, 0.5) is 0 Å². The highest BCUT2D eigenvalue weighted by Crippen LogP contribution is 2.32. The van der Waals surface area contributed by atoms with E-state index >= 15 is 0 Å². The van der Waals surface area contributed by atoms with Crippen LogP contribution in [0.25, 0.3) is 0 Å². The summed E-state index contributed by atoms with van der Waals surface area (Å²) in [6, 6.07) is -0.288.